The molecule has 112 valence electrons. The Hall–Kier alpha value is -1.78. The standard InChI is InChI=1S/C16H18F2N2O/c17-16(18,10-4-3-5-11-8-9-11)14-15(21)20-13-7-2-1-6-12(13)19-14/h1-2,6-7,11H,3-5,8-10H2,(H,20,21). The van der Waals surface area contributed by atoms with Crippen LogP contribution >= 0.6 is 0 Å². The molecule has 1 aliphatic rings. The summed E-state index contributed by atoms with van der Waals surface area (Å²) in [6.07, 6.45) is 4.48. The molecule has 1 aromatic heterocycles. The third kappa shape index (κ3) is 3.28. The average molecular weight is 292 g/mol. The fourth-order valence-corrected chi connectivity index (χ4v) is 2.54. The van der Waals surface area contributed by atoms with E-state index < -0.39 is 17.5 Å². The van der Waals surface area contributed by atoms with Crippen molar-refractivity contribution in [3.63, 3.8) is 0 Å². The average Bonchev–Trinajstić information content (AvgIpc) is 3.27. The van der Waals surface area contributed by atoms with E-state index >= 15 is 0 Å². The number of aromatic nitrogens is 2. The Morgan fingerprint density at radius 3 is 2.43 bits per heavy atom. The second kappa shape index (κ2) is 5.54. The maximum absolute atomic E-state index is 14.2. The molecule has 0 atom stereocenters. The number of benzene rings is 1. The number of hydrogen-bond acceptors (Lipinski definition) is 3. The van der Waals surface area contributed by atoms with Gasteiger partial charge in [0, 0.05) is 6.42 Å². The highest BCUT2D eigenvalue weighted by atomic mass is 19.3. The number of fused-ring (bicyclic) bond motifs is 1. The normalized spacial score (nSPS) is 15.5. The molecule has 0 amide bonds. The molecule has 21 heavy (non-hydrogen) atoms. The highest BCUT2D eigenvalue weighted by Gasteiger charge is 2.37. The minimum absolute atomic E-state index is 0.291. The number of alkyl halides is 2. The lowest BCUT2D eigenvalue weighted by atomic mass is 10.1. The van der Waals surface area contributed by atoms with Crippen molar-refractivity contribution in [2.45, 2.75) is 44.4 Å². The Morgan fingerprint density at radius 2 is 1.76 bits per heavy atom. The van der Waals surface area contributed by atoms with Crippen LogP contribution in [0.15, 0.2) is 24.3 Å². The molecule has 1 aliphatic carbocycles. The van der Waals surface area contributed by atoms with Crippen LogP contribution in [0, 0.1) is 5.92 Å². The third-order valence-corrected chi connectivity index (χ3v) is 3.95. The van der Waals surface area contributed by atoms with Crippen LogP contribution < -0.4 is 0 Å². The summed E-state index contributed by atoms with van der Waals surface area (Å²) in [5, 5.41) is 9.75. The van der Waals surface area contributed by atoms with Crippen molar-refractivity contribution >= 4 is 11.0 Å². The maximum Gasteiger partial charge on any atom is 0.295 e. The van der Waals surface area contributed by atoms with Crippen LogP contribution in [-0.4, -0.2) is 15.1 Å². The number of rotatable bonds is 6. The SMILES string of the molecule is Oc1nc2ccccc2nc1C(F)(F)CCCCC1CC1. The van der Waals surface area contributed by atoms with Crippen molar-refractivity contribution in [3.05, 3.63) is 30.0 Å². The Morgan fingerprint density at radius 1 is 1.10 bits per heavy atom. The van der Waals surface area contributed by atoms with E-state index in [1.807, 2.05) is 0 Å². The Balaban J connectivity index is 1.74. The lowest BCUT2D eigenvalue weighted by Gasteiger charge is -2.16. The van der Waals surface area contributed by atoms with Gasteiger partial charge in [0.15, 0.2) is 5.69 Å². The summed E-state index contributed by atoms with van der Waals surface area (Å²) in [6.45, 7) is 0. The van der Waals surface area contributed by atoms with Gasteiger partial charge < -0.3 is 5.11 Å². The molecule has 1 heterocycles. The van der Waals surface area contributed by atoms with Crippen LogP contribution in [0.5, 0.6) is 5.88 Å². The second-order valence-electron chi connectivity index (χ2n) is 5.78. The minimum Gasteiger partial charge on any atom is -0.492 e. The van der Waals surface area contributed by atoms with E-state index in [1.165, 1.54) is 12.8 Å². The highest BCUT2D eigenvalue weighted by Crippen LogP contribution is 2.39. The van der Waals surface area contributed by atoms with Crippen LogP contribution in [0.4, 0.5) is 8.78 Å². The summed E-state index contributed by atoms with van der Waals surface area (Å²) in [6, 6.07) is 6.70. The van der Waals surface area contributed by atoms with Crippen LogP contribution in [0.3, 0.4) is 0 Å². The van der Waals surface area contributed by atoms with E-state index in [-0.39, 0.29) is 6.42 Å². The molecule has 0 spiro atoms. The fraction of sp³-hybridized carbons (Fsp3) is 0.500. The molecule has 5 heteroatoms. The fourth-order valence-electron chi connectivity index (χ4n) is 2.54. The number of para-hydroxylation sites is 2. The first-order valence-corrected chi connectivity index (χ1v) is 7.40. The monoisotopic (exact) mass is 292 g/mol. The predicted octanol–water partition coefficient (Wildman–Crippen LogP) is 4.40. The number of aromatic hydroxyl groups is 1. The van der Waals surface area contributed by atoms with Gasteiger partial charge in [0.05, 0.1) is 11.0 Å². The summed E-state index contributed by atoms with van der Waals surface area (Å²) < 4.78 is 28.4. The molecule has 0 radical (unpaired) electrons. The van der Waals surface area contributed by atoms with Gasteiger partial charge >= 0.3 is 0 Å². The first-order chi connectivity index (χ1) is 10.1. The van der Waals surface area contributed by atoms with Crippen LogP contribution in [-0.2, 0) is 5.92 Å². The van der Waals surface area contributed by atoms with E-state index in [0.29, 0.717) is 17.5 Å². The van der Waals surface area contributed by atoms with Crippen molar-refractivity contribution < 1.29 is 13.9 Å². The van der Waals surface area contributed by atoms with Gasteiger partial charge in [-0.25, -0.2) is 9.97 Å². The van der Waals surface area contributed by atoms with E-state index in [2.05, 4.69) is 9.97 Å². The van der Waals surface area contributed by atoms with Crippen LogP contribution in [0.2, 0.25) is 0 Å². The Bertz CT molecular complexity index is 641. The van der Waals surface area contributed by atoms with Gasteiger partial charge in [0.2, 0.25) is 5.88 Å². The third-order valence-electron chi connectivity index (χ3n) is 3.95. The van der Waals surface area contributed by atoms with Crippen molar-refractivity contribution in [2.24, 2.45) is 5.92 Å². The summed E-state index contributed by atoms with van der Waals surface area (Å²) in [4.78, 5) is 7.73. The van der Waals surface area contributed by atoms with Crippen molar-refractivity contribution in [3.8, 4) is 5.88 Å². The molecule has 2 aromatic rings. The predicted molar refractivity (Wildman–Crippen MR) is 76.3 cm³/mol. The van der Waals surface area contributed by atoms with E-state index in [0.717, 1.165) is 18.8 Å². The highest BCUT2D eigenvalue weighted by molar-refractivity contribution is 5.74. The Kier molecular flexibility index (Phi) is 3.74. The number of halogens is 2. The Labute approximate surface area is 122 Å². The topological polar surface area (TPSA) is 46.0 Å². The molecule has 1 fully saturated rings. The first-order valence-electron chi connectivity index (χ1n) is 7.40. The van der Waals surface area contributed by atoms with E-state index in [4.69, 9.17) is 0 Å². The lowest BCUT2D eigenvalue weighted by Crippen LogP contribution is -2.16. The maximum atomic E-state index is 14.2. The zero-order valence-electron chi connectivity index (χ0n) is 11.7. The zero-order chi connectivity index (χ0) is 14.9. The minimum atomic E-state index is -3.13. The summed E-state index contributed by atoms with van der Waals surface area (Å²) >= 11 is 0. The summed E-state index contributed by atoms with van der Waals surface area (Å²) in [5.41, 5.74) is 0.193. The van der Waals surface area contributed by atoms with Gasteiger partial charge in [-0.2, -0.15) is 8.78 Å². The van der Waals surface area contributed by atoms with Gasteiger partial charge in [-0.15, -0.1) is 0 Å². The molecule has 3 nitrogen and oxygen atoms in total. The molecule has 3 rings (SSSR count). The first kappa shape index (κ1) is 14.2. The molecule has 0 unspecified atom stereocenters. The van der Waals surface area contributed by atoms with Gasteiger partial charge in [-0.3, -0.25) is 0 Å². The zero-order valence-corrected chi connectivity index (χ0v) is 11.7. The summed E-state index contributed by atoms with van der Waals surface area (Å²) in [5.74, 6) is -3.04. The van der Waals surface area contributed by atoms with Crippen molar-refractivity contribution in [2.75, 3.05) is 0 Å². The molecule has 1 N–H and O–H groups in total. The smallest absolute Gasteiger partial charge is 0.295 e. The van der Waals surface area contributed by atoms with E-state index in [9.17, 15) is 13.9 Å². The van der Waals surface area contributed by atoms with Crippen molar-refractivity contribution in [1.82, 2.24) is 9.97 Å². The lowest BCUT2D eigenvalue weighted by molar-refractivity contribution is -0.0225. The van der Waals surface area contributed by atoms with Gasteiger partial charge in [-0.1, -0.05) is 37.8 Å². The molecular weight excluding hydrogens is 274 g/mol. The van der Waals surface area contributed by atoms with Crippen LogP contribution in [0.25, 0.3) is 11.0 Å². The second-order valence-corrected chi connectivity index (χ2v) is 5.78. The largest absolute Gasteiger partial charge is 0.492 e. The molecule has 0 bridgehead atoms. The number of hydrogen-bond donors (Lipinski definition) is 1. The molecule has 0 aliphatic heterocycles. The van der Waals surface area contributed by atoms with E-state index in [1.54, 1.807) is 24.3 Å². The molecular formula is C16H18F2N2O. The van der Waals surface area contributed by atoms with Crippen LogP contribution in [0.1, 0.15) is 44.2 Å². The quantitative estimate of drug-likeness (QED) is 0.803. The van der Waals surface area contributed by atoms with Gasteiger partial charge in [0.25, 0.3) is 5.92 Å². The molecule has 1 aromatic carbocycles. The number of nitrogens with zero attached hydrogens (tertiary/aromatic N) is 2. The van der Waals surface area contributed by atoms with Crippen molar-refractivity contribution in [1.29, 1.82) is 0 Å². The van der Waals surface area contributed by atoms with Gasteiger partial charge in [0.1, 0.15) is 0 Å². The molecule has 1 saturated carbocycles. The summed E-state index contributed by atoms with van der Waals surface area (Å²) in [7, 11) is 0. The van der Waals surface area contributed by atoms with Gasteiger partial charge in [-0.05, 0) is 24.5 Å². The number of unbranched alkanes of at least 4 members (excludes halogenated alkanes) is 1. The molecule has 0 saturated heterocycles.